The fourth-order valence-electron chi connectivity index (χ4n) is 2.86. The van der Waals surface area contributed by atoms with Gasteiger partial charge in [0, 0.05) is 24.2 Å². The van der Waals surface area contributed by atoms with Crippen molar-refractivity contribution in [1.82, 2.24) is 9.97 Å². The first kappa shape index (κ1) is 20.0. The Morgan fingerprint density at radius 2 is 1.64 bits per heavy atom. The Morgan fingerprint density at radius 3 is 2.25 bits per heavy atom. The lowest BCUT2D eigenvalue weighted by molar-refractivity contribution is 0.210. The summed E-state index contributed by atoms with van der Waals surface area (Å²) in [6.45, 7) is 1.12. The second kappa shape index (κ2) is 8.95. The summed E-state index contributed by atoms with van der Waals surface area (Å²) in [5.41, 5.74) is 1.44. The number of rotatable bonds is 8. The third-order valence-electron chi connectivity index (χ3n) is 4.20. The molecule has 7 nitrogen and oxygen atoms in total. The molecule has 0 saturated heterocycles. The minimum Gasteiger partial charge on any atom is -0.493 e. The van der Waals surface area contributed by atoms with Gasteiger partial charge in [-0.15, -0.1) is 0 Å². The lowest BCUT2D eigenvalue weighted by Gasteiger charge is -2.17. The van der Waals surface area contributed by atoms with Crippen molar-refractivity contribution < 1.29 is 18.9 Å². The van der Waals surface area contributed by atoms with Crippen molar-refractivity contribution in [3.63, 3.8) is 0 Å². The van der Waals surface area contributed by atoms with Crippen LogP contribution in [0.4, 0.5) is 5.82 Å². The molecule has 0 fully saturated rings. The van der Waals surface area contributed by atoms with Gasteiger partial charge in [-0.05, 0) is 30.3 Å². The van der Waals surface area contributed by atoms with E-state index in [9.17, 15) is 0 Å². The zero-order valence-corrected chi connectivity index (χ0v) is 17.0. The zero-order valence-electron chi connectivity index (χ0n) is 16.2. The quantitative estimate of drug-likeness (QED) is 0.569. The molecule has 148 valence electrons. The number of halogens is 1. The van der Waals surface area contributed by atoms with Crippen LogP contribution in [-0.2, 0) is 4.74 Å². The number of aromatic nitrogens is 2. The molecule has 0 radical (unpaired) electrons. The largest absolute Gasteiger partial charge is 0.493 e. The van der Waals surface area contributed by atoms with Gasteiger partial charge in [-0.1, -0.05) is 11.6 Å². The van der Waals surface area contributed by atoms with Gasteiger partial charge in [0.25, 0.3) is 0 Å². The first-order valence-corrected chi connectivity index (χ1v) is 9.00. The van der Waals surface area contributed by atoms with Gasteiger partial charge in [-0.3, -0.25) is 0 Å². The van der Waals surface area contributed by atoms with Gasteiger partial charge in [0.05, 0.1) is 33.3 Å². The predicted octanol–water partition coefficient (Wildman–Crippen LogP) is 4.03. The SMILES string of the molecule is COCCNc1nc(-c2ccc(Cl)cc2)nc2c(OC)c(OC)c(OC)cc12. The minimum absolute atomic E-state index is 0.473. The Balaban J connectivity index is 2.27. The molecule has 8 heteroatoms. The van der Waals surface area contributed by atoms with Crippen molar-refractivity contribution in [2.45, 2.75) is 0 Å². The summed E-state index contributed by atoms with van der Waals surface area (Å²) in [7, 11) is 6.35. The molecule has 28 heavy (non-hydrogen) atoms. The zero-order chi connectivity index (χ0) is 20.1. The Morgan fingerprint density at radius 1 is 0.929 bits per heavy atom. The second-order valence-corrected chi connectivity index (χ2v) is 6.30. The Labute approximate surface area is 168 Å². The number of anilines is 1. The van der Waals surface area contributed by atoms with Crippen molar-refractivity contribution in [3.05, 3.63) is 35.4 Å². The van der Waals surface area contributed by atoms with E-state index >= 15 is 0 Å². The number of benzene rings is 2. The smallest absolute Gasteiger partial charge is 0.205 e. The van der Waals surface area contributed by atoms with Crippen LogP contribution in [0.1, 0.15) is 0 Å². The first-order chi connectivity index (χ1) is 13.6. The normalized spacial score (nSPS) is 10.8. The van der Waals surface area contributed by atoms with E-state index in [1.54, 1.807) is 40.6 Å². The van der Waals surface area contributed by atoms with Crippen molar-refractivity contribution in [3.8, 4) is 28.6 Å². The highest BCUT2D eigenvalue weighted by atomic mass is 35.5. The van der Waals surface area contributed by atoms with Gasteiger partial charge >= 0.3 is 0 Å². The number of ether oxygens (including phenoxy) is 4. The van der Waals surface area contributed by atoms with Crippen LogP contribution in [0.5, 0.6) is 17.2 Å². The predicted molar refractivity (Wildman–Crippen MR) is 110 cm³/mol. The van der Waals surface area contributed by atoms with Gasteiger partial charge in [0.2, 0.25) is 5.75 Å². The minimum atomic E-state index is 0.473. The lowest BCUT2D eigenvalue weighted by Crippen LogP contribution is -2.10. The van der Waals surface area contributed by atoms with E-state index in [2.05, 4.69) is 5.32 Å². The Bertz CT molecular complexity index is 964. The molecule has 0 aliphatic rings. The molecule has 3 aromatic rings. The summed E-state index contributed by atoms with van der Waals surface area (Å²) < 4.78 is 21.7. The molecule has 1 aromatic heterocycles. The molecular weight excluding hydrogens is 382 g/mol. The molecule has 3 rings (SSSR count). The van der Waals surface area contributed by atoms with Crippen LogP contribution in [-0.4, -0.2) is 51.6 Å². The van der Waals surface area contributed by atoms with E-state index in [1.807, 2.05) is 18.2 Å². The van der Waals surface area contributed by atoms with Crippen molar-refractivity contribution in [1.29, 1.82) is 0 Å². The van der Waals surface area contributed by atoms with Gasteiger partial charge in [0.1, 0.15) is 11.3 Å². The number of hydrogen-bond acceptors (Lipinski definition) is 7. The van der Waals surface area contributed by atoms with E-state index in [4.69, 9.17) is 40.5 Å². The van der Waals surface area contributed by atoms with E-state index < -0.39 is 0 Å². The number of nitrogens with one attached hydrogen (secondary N) is 1. The molecule has 0 atom stereocenters. The molecule has 0 amide bonds. The Hall–Kier alpha value is -2.77. The molecule has 1 heterocycles. The molecule has 0 aliphatic heterocycles. The highest BCUT2D eigenvalue weighted by Gasteiger charge is 2.21. The van der Waals surface area contributed by atoms with Crippen LogP contribution in [0.2, 0.25) is 5.02 Å². The third-order valence-corrected chi connectivity index (χ3v) is 4.45. The average molecular weight is 404 g/mol. The number of nitrogens with zero attached hydrogens (tertiary/aromatic N) is 2. The second-order valence-electron chi connectivity index (χ2n) is 5.86. The molecule has 0 saturated carbocycles. The van der Waals surface area contributed by atoms with E-state index in [1.165, 1.54) is 0 Å². The summed E-state index contributed by atoms with van der Waals surface area (Å²) in [4.78, 5) is 9.44. The topological polar surface area (TPSA) is 74.7 Å². The molecule has 0 aliphatic carbocycles. The van der Waals surface area contributed by atoms with Crippen LogP contribution >= 0.6 is 11.6 Å². The summed E-state index contributed by atoms with van der Waals surface area (Å²) in [5.74, 6) is 2.66. The van der Waals surface area contributed by atoms with Gasteiger partial charge in [0.15, 0.2) is 17.3 Å². The van der Waals surface area contributed by atoms with E-state index in [0.29, 0.717) is 52.6 Å². The fourth-order valence-corrected chi connectivity index (χ4v) is 2.99. The number of methoxy groups -OCH3 is 4. The summed E-state index contributed by atoms with van der Waals surface area (Å²) >= 11 is 6.01. The van der Waals surface area contributed by atoms with Crippen LogP contribution < -0.4 is 19.5 Å². The van der Waals surface area contributed by atoms with Gasteiger partial charge < -0.3 is 24.3 Å². The van der Waals surface area contributed by atoms with Crippen molar-refractivity contribution in [2.24, 2.45) is 0 Å². The summed E-state index contributed by atoms with van der Waals surface area (Å²) in [5, 5.41) is 4.69. The van der Waals surface area contributed by atoms with E-state index in [-0.39, 0.29) is 0 Å². The van der Waals surface area contributed by atoms with Crippen LogP contribution in [0.3, 0.4) is 0 Å². The highest BCUT2D eigenvalue weighted by molar-refractivity contribution is 6.30. The maximum absolute atomic E-state index is 6.01. The third kappa shape index (κ3) is 3.90. The molecular formula is C20H22ClN3O4. The van der Waals surface area contributed by atoms with Crippen LogP contribution in [0.15, 0.2) is 30.3 Å². The number of hydrogen-bond donors (Lipinski definition) is 1. The van der Waals surface area contributed by atoms with Crippen molar-refractivity contribution >= 4 is 28.3 Å². The molecule has 2 aromatic carbocycles. The van der Waals surface area contributed by atoms with E-state index in [0.717, 1.165) is 10.9 Å². The Kier molecular flexibility index (Phi) is 6.38. The molecule has 0 spiro atoms. The molecule has 0 bridgehead atoms. The monoisotopic (exact) mass is 403 g/mol. The standard InChI is InChI=1S/C20H22ClN3O4/c1-25-10-9-22-20-14-11-15(26-2)17(27-3)18(28-4)16(14)23-19(24-20)12-5-7-13(21)8-6-12/h5-8,11H,9-10H2,1-4H3,(H,22,23,24). The number of fused-ring (bicyclic) bond motifs is 1. The fraction of sp³-hybridized carbons (Fsp3) is 0.300. The first-order valence-electron chi connectivity index (χ1n) is 8.62. The lowest BCUT2D eigenvalue weighted by atomic mass is 10.1. The summed E-state index contributed by atoms with van der Waals surface area (Å²) in [6.07, 6.45) is 0. The average Bonchev–Trinajstić information content (AvgIpc) is 2.72. The van der Waals surface area contributed by atoms with Crippen molar-refractivity contribution in [2.75, 3.05) is 46.9 Å². The maximum atomic E-state index is 6.01. The maximum Gasteiger partial charge on any atom is 0.205 e. The van der Waals surface area contributed by atoms with Crippen LogP contribution in [0, 0.1) is 0 Å². The highest BCUT2D eigenvalue weighted by Crippen LogP contribution is 2.44. The molecule has 0 unspecified atom stereocenters. The summed E-state index contributed by atoms with van der Waals surface area (Å²) in [6, 6.07) is 9.17. The van der Waals surface area contributed by atoms with Crippen LogP contribution in [0.25, 0.3) is 22.3 Å². The van der Waals surface area contributed by atoms with Gasteiger partial charge in [-0.2, -0.15) is 0 Å². The molecule has 1 N–H and O–H groups in total. The van der Waals surface area contributed by atoms with Gasteiger partial charge in [-0.25, -0.2) is 9.97 Å².